The predicted octanol–water partition coefficient (Wildman–Crippen LogP) is 3.31. The second kappa shape index (κ2) is 6.72. The molecule has 0 saturated carbocycles. The van der Waals surface area contributed by atoms with Crippen LogP contribution >= 0.6 is 22.9 Å². The SMILES string of the molecule is O=C(Cc1coc(-c2ccc(Cl)cc2)n1)NCc1nccs1. The molecule has 1 amide bonds. The fourth-order valence-corrected chi connectivity index (χ4v) is 2.54. The molecule has 0 aliphatic heterocycles. The average molecular weight is 334 g/mol. The zero-order chi connectivity index (χ0) is 15.4. The molecule has 0 spiro atoms. The topological polar surface area (TPSA) is 68.0 Å². The van der Waals surface area contributed by atoms with Crippen LogP contribution in [0.25, 0.3) is 11.5 Å². The van der Waals surface area contributed by atoms with Crippen molar-refractivity contribution in [2.24, 2.45) is 0 Å². The van der Waals surface area contributed by atoms with Crippen LogP contribution in [-0.2, 0) is 17.8 Å². The maximum absolute atomic E-state index is 11.9. The molecule has 0 aliphatic carbocycles. The smallest absolute Gasteiger partial charge is 0.226 e. The molecule has 0 radical (unpaired) electrons. The third kappa shape index (κ3) is 3.72. The quantitative estimate of drug-likeness (QED) is 0.777. The molecule has 1 aromatic carbocycles. The van der Waals surface area contributed by atoms with E-state index in [9.17, 15) is 4.79 Å². The van der Waals surface area contributed by atoms with E-state index >= 15 is 0 Å². The number of nitrogens with one attached hydrogen (secondary N) is 1. The van der Waals surface area contributed by atoms with Gasteiger partial charge in [0.05, 0.1) is 18.7 Å². The zero-order valence-corrected chi connectivity index (χ0v) is 13.0. The molecule has 0 fully saturated rings. The van der Waals surface area contributed by atoms with E-state index in [0.29, 0.717) is 23.2 Å². The standard InChI is InChI=1S/C15H12ClN3O2S/c16-11-3-1-10(2-4-11)15-19-12(9-21-15)7-13(20)18-8-14-17-5-6-22-14/h1-6,9H,7-8H2,(H,18,20). The number of oxazole rings is 1. The average Bonchev–Trinajstić information content (AvgIpc) is 3.17. The van der Waals surface area contributed by atoms with E-state index < -0.39 is 0 Å². The molecular weight excluding hydrogens is 322 g/mol. The van der Waals surface area contributed by atoms with E-state index in [0.717, 1.165) is 10.6 Å². The van der Waals surface area contributed by atoms with Crippen LogP contribution in [0.1, 0.15) is 10.7 Å². The molecule has 3 aromatic rings. The molecule has 1 N–H and O–H groups in total. The van der Waals surface area contributed by atoms with Crippen LogP contribution in [0.15, 0.2) is 46.5 Å². The van der Waals surface area contributed by atoms with E-state index in [-0.39, 0.29) is 12.3 Å². The molecule has 0 saturated heterocycles. The molecule has 2 heterocycles. The van der Waals surface area contributed by atoms with Gasteiger partial charge >= 0.3 is 0 Å². The summed E-state index contributed by atoms with van der Waals surface area (Å²) in [5.74, 6) is 0.352. The van der Waals surface area contributed by atoms with E-state index in [1.54, 1.807) is 18.3 Å². The first-order chi connectivity index (χ1) is 10.7. The summed E-state index contributed by atoms with van der Waals surface area (Å²) in [4.78, 5) is 20.3. The lowest BCUT2D eigenvalue weighted by molar-refractivity contribution is -0.120. The molecule has 5 nitrogen and oxygen atoms in total. The van der Waals surface area contributed by atoms with Crippen molar-refractivity contribution in [3.8, 4) is 11.5 Å². The summed E-state index contributed by atoms with van der Waals surface area (Å²) in [6, 6.07) is 7.17. The van der Waals surface area contributed by atoms with Crippen molar-refractivity contribution in [2.75, 3.05) is 0 Å². The number of hydrogen-bond donors (Lipinski definition) is 1. The van der Waals surface area contributed by atoms with Gasteiger partial charge in [-0.1, -0.05) is 11.6 Å². The van der Waals surface area contributed by atoms with Crippen LogP contribution in [0.2, 0.25) is 5.02 Å². The number of halogens is 1. The maximum atomic E-state index is 11.9. The molecule has 3 rings (SSSR count). The Labute approximate surface area is 136 Å². The molecule has 7 heteroatoms. The molecule has 112 valence electrons. The van der Waals surface area contributed by atoms with Crippen molar-refractivity contribution in [1.29, 1.82) is 0 Å². The Bertz CT molecular complexity index is 753. The van der Waals surface area contributed by atoms with Crippen molar-refractivity contribution >= 4 is 28.8 Å². The number of hydrogen-bond acceptors (Lipinski definition) is 5. The maximum Gasteiger partial charge on any atom is 0.226 e. The van der Waals surface area contributed by atoms with Crippen LogP contribution in [0.4, 0.5) is 0 Å². The summed E-state index contributed by atoms with van der Waals surface area (Å²) in [5.41, 5.74) is 1.40. The van der Waals surface area contributed by atoms with Gasteiger partial charge in [0, 0.05) is 22.2 Å². The van der Waals surface area contributed by atoms with Crippen LogP contribution in [0.5, 0.6) is 0 Å². The van der Waals surface area contributed by atoms with Gasteiger partial charge in [-0.15, -0.1) is 11.3 Å². The van der Waals surface area contributed by atoms with E-state index in [4.69, 9.17) is 16.0 Å². The highest BCUT2D eigenvalue weighted by Gasteiger charge is 2.10. The van der Waals surface area contributed by atoms with E-state index in [1.807, 2.05) is 17.5 Å². The Balaban J connectivity index is 1.59. The lowest BCUT2D eigenvalue weighted by Gasteiger charge is -2.00. The lowest BCUT2D eigenvalue weighted by Crippen LogP contribution is -2.24. The summed E-state index contributed by atoms with van der Waals surface area (Å²) in [7, 11) is 0. The van der Waals surface area contributed by atoms with Crippen molar-refractivity contribution in [2.45, 2.75) is 13.0 Å². The minimum Gasteiger partial charge on any atom is -0.444 e. The minimum absolute atomic E-state index is 0.119. The zero-order valence-electron chi connectivity index (χ0n) is 11.5. The number of carbonyl (C=O) groups excluding carboxylic acids is 1. The van der Waals surface area contributed by atoms with Gasteiger partial charge in [0.2, 0.25) is 11.8 Å². The first-order valence-electron chi connectivity index (χ1n) is 6.56. The van der Waals surface area contributed by atoms with Gasteiger partial charge in [-0.2, -0.15) is 0 Å². The monoisotopic (exact) mass is 333 g/mol. The number of benzene rings is 1. The largest absolute Gasteiger partial charge is 0.444 e. The van der Waals surface area contributed by atoms with Gasteiger partial charge in [-0.25, -0.2) is 9.97 Å². The first kappa shape index (κ1) is 14.7. The molecule has 0 unspecified atom stereocenters. The molecular formula is C15H12ClN3O2S. The van der Waals surface area contributed by atoms with Gasteiger partial charge in [0.25, 0.3) is 0 Å². The minimum atomic E-state index is -0.119. The van der Waals surface area contributed by atoms with Crippen LogP contribution in [0, 0.1) is 0 Å². The number of rotatable bonds is 5. The fraction of sp³-hybridized carbons (Fsp3) is 0.133. The summed E-state index contributed by atoms with van der Waals surface area (Å²) >= 11 is 7.35. The van der Waals surface area contributed by atoms with Gasteiger partial charge < -0.3 is 9.73 Å². The highest BCUT2D eigenvalue weighted by molar-refractivity contribution is 7.09. The third-order valence-electron chi connectivity index (χ3n) is 2.90. The summed E-state index contributed by atoms with van der Waals surface area (Å²) in [5, 5.41) is 6.19. The van der Waals surface area contributed by atoms with Crippen molar-refractivity contribution in [3.63, 3.8) is 0 Å². The number of nitrogens with zero attached hydrogens (tertiary/aromatic N) is 2. The predicted molar refractivity (Wildman–Crippen MR) is 84.6 cm³/mol. The number of amides is 1. The van der Waals surface area contributed by atoms with Crippen LogP contribution in [-0.4, -0.2) is 15.9 Å². The first-order valence-corrected chi connectivity index (χ1v) is 7.82. The third-order valence-corrected chi connectivity index (χ3v) is 3.94. The Hall–Kier alpha value is -2.18. The Kier molecular flexibility index (Phi) is 4.50. The van der Waals surface area contributed by atoms with Crippen molar-refractivity contribution in [1.82, 2.24) is 15.3 Å². The normalized spacial score (nSPS) is 10.6. The van der Waals surface area contributed by atoms with Gasteiger partial charge in [-0.3, -0.25) is 4.79 Å². The Morgan fingerprint density at radius 3 is 2.86 bits per heavy atom. The van der Waals surface area contributed by atoms with Gasteiger partial charge in [-0.05, 0) is 24.3 Å². The molecule has 0 aliphatic rings. The second-order valence-corrected chi connectivity index (χ2v) is 5.95. The number of carbonyl (C=O) groups is 1. The van der Waals surface area contributed by atoms with Crippen LogP contribution in [0.3, 0.4) is 0 Å². The van der Waals surface area contributed by atoms with Crippen molar-refractivity contribution < 1.29 is 9.21 Å². The van der Waals surface area contributed by atoms with E-state index in [1.165, 1.54) is 17.6 Å². The summed E-state index contributed by atoms with van der Waals surface area (Å²) < 4.78 is 5.40. The van der Waals surface area contributed by atoms with Crippen molar-refractivity contribution in [3.05, 3.63) is 57.8 Å². The molecule has 0 atom stereocenters. The Morgan fingerprint density at radius 1 is 1.32 bits per heavy atom. The highest BCUT2D eigenvalue weighted by Crippen LogP contribution is 2.21. The fourth-order valence-electron chi connectivity index (χ4n) is 1.85. The molecule has 22 heavy (non-hydrogen) atoms. The van der Waals surface area contributed by atoms with E-state index in [2.05, 4.69) is 15.3 Å². The van der Waals surface area contributed by atoms with Gasteiger partial charge in [0.1, 0.15) is 11.3 Å². The number of thiazole rings is 1. The molecule has 2 aromatic heterocycles. The Morgan fingerprint density at radius 2 is 2.14 bits per heavy atom. The second-order valence-electron chi connectivity index (χ2n) is 4.53. The lowest BCUT2D eigenvalue weighted by atomic mass is 10.2. The van der Waals surface area contributed by atoms with Gasteiger partial charge in [0.15, 0.2) is 0 Å². The summed E-state index contributed by atoms with van der Waals surface area (Å²) in [6.45, 7) is 0.429. The van der Waals surface area contributed by atoms with Crippen LogP contribution < -0.4 is 5.32 Å². The molecule has 0 bridgehead atoms. The summed E-state index contributed by atoms with van der Waals surface area (Å²) in [6.07, 6.45) is 3.37. The highest BCUT2D eigenvalue weighted by atomic mass is 35.5. The number of aromatic nitrogens is 2.